The van der Waals surface area contributed by atoms with Crippen LogP contribution in [0.3, 0.4) is 0 Å². The zero-order valence-corrected chi connectivity index (χ0v) is 13.4. The van der Waals surface area contributed by atoms with Crippen LogP contribution in [0.25, 0.3) is 0 Å². The highest BCUT2D eigenvalue weighted by atomic mass is 32.1. The highest BCUT2D eigenvalue weighted by Crippen LogP contribution is 2.33. The van der Waals surface area contributed by atoms with Crippen molar-refractivity contribution in [2.24, 2.45) is 5.92 Å². The van der Waals surface area contributed by atoms with E-state index < -0.39 is 11.6 Å². The van der Waals surface area contributed by atoms with Crippen molar-refractivity contribution < 1.29 is 15.0 Å². The van der Waals surface area contributed by atoms with Gasteiger partial charge in [-0.1, -0.05) is 19.4 Å². The van der Waals surface area contributed by atoms with Gasteiger partial charge in [-0.3, -0.25) is 4.79 Å². The van der Waals surface area contributed by atoms with Gasteiger partial charge in [0.05, 0.1) is 11.5 Å². The van der Waals surface area contributed by atoms with Gasteiger partial charge in [-0.15, -0.1) is 11.3 Å². The summed E-state index contributed by atoms with van der Waals surface area (Å²) in [6.45, 7) is 2.71. The smallest absolute Gasteiger partial charge is 0.306 e. The molecule has 21 heavy (non-hydrogen) atoms. The van der Waals surface area contributed by atoms with Gasteiger partial charge in [0.2, 0.25) is 0 Å². The van der Waals surface area contributed by atoms with Gasteiger partial charge in [-0.05, 0) is 43.6 Å². The maximum absolute atomic E-state index is 11.0. The molecule has 2 rings (SSSR count). The molecule has 1 atom stereocenters. The number of carboxylic acids is 1. The summed E-state index contributed by atoms with van der Waals surface area (Å²) >= 11 is 1.74. The van der Waals surface area contributed by atoms with Gasteiger partial charge in [-0.25, -0.2) is 0 Å². The van der Waals surface area contributed by atoms with Gasteiger partial charge in [0.25, 0.3) is 0 Å². The van der Waals surface area contributed by atoms with E-state index >= 15 is 0 Å². The summed E-state index contributed by atoms with van der Waals surface area (Å²) in [5.41, 5.74) is -0.755. The number of hydrogen-bond acceptors (Lipinski definition) is 4. The fraction of sp³-hybridized carbons (Fsp3) is 0.688. The Morgan fingerprint density at radius 3 is 2.76 bits per heavy atom. The summed E-state index contributed by atoms with van der Waals surface area (Å²) in [5.74, 6) is -1.01. The first-order chi connectivity index (χ1) is 10.0. The van der Waals surface area contributed by atoms with Crippen LogP contribution >= 0.6 is 11.3 Å². The van der Waals surface area contributed by atoms with E-state index in [1.54, 1.807) is 11.3 Å². The Morgan fingerprint density at radius 2 is 2.24 bits per heavy atom. The number of aliphatic carboxylic acids is 1. The maximum atomic E-state index is 11.0. The van der Waals surface area contributed by atoms with Crippen molar-refractivity contribution in [2.45, 2.75) is 57.1 Å². The molecule has 1 aromatic rings. The van der Waals surface area contributed by atoms with Crippen LogP contribution < -0.4 is 5.32 Å². The van der Waals surface area contributed by atoms with Gasteiger partial charge in [0.1, 0.15) is 0 Å². The third kappa shape index (κ3) is 4.53. The first kappa shape index (κ1) is 16.5. The Kier molecular flexibility index (Phi) is 5.79. The van der Waals surface area contributed by atoms with Gasteiger partial charge in [0, 0.05) is 17.5 Å². The lowest BCUT2D eigenvalue weighted by Crippen LogP contribution is -2.45. The minimum Gasteiger partial charge on any atom is -0.481 e. The van der Waals surface area contributed by atoms with Gasteiger partial charge in [0.15, 0.2) is 0 Å². The number of rotatable bonds is 7. The van der Waals surface area contributed by atoms with E-state index in [2.05, 4.69) is 29.8 Å². The van der Waals surface area contributed by atoms with Crippen LogP contribution in [0, 0.1) is 5.92 Å². The average molecular weight is 311 g/mol. The van der Waals surface area contributed by atoms with Crippen LogP contribution in [-0.4, -0.2) is 28.3 Å². The highest BCUT2D eigenvalue weighted by Gasteiger charge is 2.36. The molecule has 0 radical (unpaired) electrons. The van der Waals surface area contributed by atoms with Crippen LogP contribution in [0.4, 0.5) is 0 Å². The van der Waals surface area contributed by atoms with E-state index in [0.29, 0.717) is 32.2 Å². The predicted molar refractivity (Wildman–Crippen MR) is 84.5 cm³/mol. The molecular weight excluding hydrogens is 286 g/mol. The number of carboxylic acid groups (broad SMARTS) is 1. The Morgan fingerprint density at radius 1 is 1.52 bits per heavy atom. The van der Waals surface area contributed by atoms with Crippen LogP contribution in [0.1, 0.15) is 56.4 Å². The molecule has 1 unspecified atom stereocenters. The van der Waals surface area contributed by atoms with Crippen molar-refractivity contribution in [3.8, 4) is 0 Å². The van der Waals surface area contributed by atoms with Gasteiger partial charge >= 0.3 is 5.97 Å². The molecule has 1 aliphatic rings. The van der Waals surface area contributed by atoms with Crippen molar-refractivity contribution in [3.63, 3.8) is 0 Å². The van der Waals surface area contributed by atoms with E-state index in [4.69, 9.17) is 5.11 Å². The molecule has 1 saturated carbocycles. The molecular formula is C16H25NO3S. The number of thiophene rings is 1. The minimum absolute atomic E-state index is 0.283. The fourth-order valence-electron chi connectivity index (χ4n) is 3.02. The molecule has 0 saturated heterocycles. The molecule has 1 aromatic heterocycles. The van der Waals surface area contributed by atoms with Crippen LogP contribution in [-0.2, 0) is 4.79 Å². The summed E-state index contributed by atoms with van der Waals surface area (Å²) in [5, 5.41) is 25.2. The minimum atomic E-state index is -0.755. The molecule has 1 aliphatic carbocycles. The van der Waals surface area contributed by atoms with Gasteiger partial charge < -0.3 is 15.5 Å². The molecule has 0 spiro atoms. The number of hydrogen-bond donors (Lipinski definition) is 3. The number of carbonyl (C=O) groups is 1. The second kappa shape index (κ2) is 7.38. The normalized spacial score (nSPS) is 27.4. The van der Waals surface area contributed by atoms with E-state index in [9.17, 15) is 9.90 Å². The van der Waals surface area contributed by atoms with E-state index in [0.717, 1.165) is 12.8 Å². The van der Waals surface area contributed by atoms with Crippen molar-refractivity contribution in [3.05, 3.63) is 22.4 Å². The molecule has 4 nitrogen and oxygen atoms in total. The molecule has 0 aliphatic heterocycles. The van der Waals surface area contributed by atoms with Crippen LogP contribution in [0.2, 0.25) is 0 Å². The molecule has 5 heteroatoms. The fourth-order valence-corrected chi connectivity index (χ4v) is 3.85. The Balaban J connectivity index is 1.87. The van der Waals surface area contributed by atoms with Gasteiger partial charge in [-0.2, -0.15) is 0 Å². The molecule has 3 N–H and O–H groups in total. The van der Waals surface area contributed by atoms with Crippen LogP contribution in [0.5, 0.6) is 0 Å². The monoisotopic (exact) mass is 311 g/mol. The largest absolute Gasteiger partial charge is 0.481 e. The summed E-state index contributed by atoms with van der Waals surface area (Å²) in [6.07, 6.45) is 4.43. The lowest BCUT2D eigenvalue weighted by Gasteiger charge is -2.36. The summed E-state index contributed by atoms with van der Waals surface area (Å²) < 4.78 is 0. The molecule has 118 valence electrons. The molecule has 1 heterocycles. The van der Waals surface area contributed by atoms with Crippen molar-refractivity contribution in [2.75, 3.05) is 6.54 Å². The second-order valence-electron chi connectivity index (χ2n) is 6.07. The lowest BCUT2D eigenvalue weighted by atomic mass is 9.78. The molecule has 1 fully saturated rings. The first-order valence-electron chi connectivity index (χ1n) is 7.76. The summed E-state index contributed by atoms with van der Waals surface area (Å²) in [6, 6.07) is 4.47. The van der Waals surface area contributed by atoms with E-state index in [-0.39, 0.29) is 12.0 Å². The SMILES string of the molecule is CCCC(NCC1(O)CCC(C(=O)O)CC1)c1cccs1. The third-order valence-corrected chi connectivity index (χ3v) is 5.39. The molecule has 0 amide bonds. The zero-order valence-electron chi connectivity index (χ0n) is 12.5. The summed E-state index contributed by atoms with van der Waals surface area (Å²) in [4.78, 5) is 12.3. The number of nitrogens with one attached hydrogen (secondary N) is 1. The second-order valence-corrected chi connectivity index (χ2v) is 7.05. The van der Waals surface area contributed by atoms with Crippen LogP contribution in [0.15, 0.2) is 17.5 Å². The topological polar surface area (TPSA) is 69.6 Å². The molecule has 0 bridgehead atoms. The van der Waals surface area contributed by atoms with Crippen molar-refractivity contribution >= 4 is 17.3 Å². The lowest BCUT2D eigenvalue weighted by molar-refractivity contribution is -0.144. The Bertz CT molecular complexity index is 438. The van der Waals surface area contributed by atoms with E-state index in [1.165, 1.54) is 4.88 Å². The maximum Gasteiger partial charge on any atom is 0.306 e. The van der Waals surface area contributed by atoms with Crippen molar-refractivity contribution in [1.29, 1.82) is 0 Å². The molecule has 0 aromatic carbocycles. The van der Waals surface area contributed by atoms with Crippen molar-refractivity contribution in [1.82, 2.24) is 5.32 Å². The zero-order chi connectivity index (χ0) is 15.3. The standard InChI is InChI=1S/C16H25NO3S/c1-2-4-13(14-5-3-10-21-14)17-11-16(20)8-6-12(7-9-16)15(18)19/h3,5,10,12-13,17,20H,2,4,6-9,11H2,1H3,(H,18,19). The Labute approximate surface area is 130 Å². The predicted octanol–water partition coefficient (Wildman–Crippen LogP) is 3.18. The summed E-state index contributed by atoms with van der Waals surface area (Å²) in [7, 11) is 0. The third-order valence-electron chi connectivity index (χ3n) is 4.41. The number of aliphatic hydroxyl groups is 1. The average Bonchev–Trinajstić information content (AvgIpc) is 2.98. The quantitative estimate of drug-likeness (QED) is 0.723. The Hall–Kier alpha value is -0.910. The first-order valence-corrected chi connectivity index (χ1v) is 8.64. The highest BCUT2D eigenvalue weighted by molar-refractivity contribution is 7.10. The van der Waals surface area contributed by atoms with E-state index in [1.807, 2.05) is 0 Å².